The van der Waals surface area contributed by atoms with Crippen molar-refractivity contribution in [2.75, 3.05) is 19.7 Å². The number of hydrogen-bond donors (Lipinski definition) is 3. The van der Waals surface area contributed by atoms with E-state index in [1.165, 1.54) is 4.90 Å². The minimum absolute atomic E-state index is 0.00970. The maximum absolute atomic E-state index is 14.0. The first kappa shape index (κ1) is 33.4. The predicted octanol–water partition coefficient (Wildman–Crippen LogP) is 2.81. The number of aryl methyl sites for hydroxylation is 2. The van der Waals surface area contributed by atoms with Gasteiger partial charge in [0.2, 0.25) is 17.7 Å². The molecule has 0 heterocycles. The summed E-state index contributed by atoms with van der Waals surface area (Å²) in [5.41, 5.74) is 6.76. The van der Waals surface area contributed by atoms with Crippen LogP contribution < -0.4 is 16.4 Å². The van der Waals surface area contributed by atoms with E-state index in [2.05, 4.69) is 10.6 Å². The molecule has 11 nitrogen and oxygen atoms in total. The van der Waals surface area contributed by atoms with Crippen LogP contribution in [0.5, 0.6) is 0 Å². The number of esters is 1. The highest BCUT2D eigenvalue weighted by Crippen LogP contribution is 2.29. The van der Waals surface area contributed by atoms with E-state index in [9.17, 15) is 24.0 Å². The van der Waals surface area contributed by atoms with Crippen molar-refractivity contribution < 1.29 is 33.4 Å². The van der Waals surface area contributed by atoms with E-state index in [4.69, 9.17) is 15.2 Å². The van der Waals surface area contributed by atoms with Crippen LogP contribution >= 0.6 is 0 Å². The lowest BCUT2D eigenvalue weighted by molar-refractivity contribution is -0.144. The Labute approximate surface area is 231 Å². The smallest absolute Gasteiger partial charge is 0.408 e. The van der Waals surface area contributed by atoms with Gasteiger partial charge in [-0.25, -0.2) is 4.79 Å². The van der Waals surface area contributed by atoms with Crippen LogP contribution in [0.4, 0.5) is 4.79 Å². The molecule has 0 saturated carbocycles. The Morgan fingerprint density at radius 3 is 2.18 bits per heavy atom. The van der Waals surface area contributed by atoms with E-state index >= 15 is 0 Å². The number of nitrogens with two attached hydrogens (primary N) is 1. The minimum atomic E-state index is -1.35. The molecule has 11 heteroatoms. The van der Waals surface area contributed by atoms with Crippen molar-refractivity contribution in [1.82, 2.24) is 15.5 Å². The maximum atomic E-state index is 14.0. The van der Waals surface area contributed by atoms with E-state index < -0.39 is 53.9 Å². The molecule has 0 radical (unpaired) electrons. The number of carbonyl (C=O) groups excluding carboxylic acids is 5. The molecule has 1 rings (SSSR count). The number of nitrogens with zero attached hydrogens (tertiary/aromatic N) is 1. The van der Waals surface area contributed by atoms with Crippen LogP contribution in [0.1, 0.15) is 83.0 Å². The zero-order valence-corrected chi connectivity index (χ0v) is 24.2. The summed E-state index contributed by atoms with van der Waals surface area (Å²) in [4.78, 5) is 65.3. The summed E-state index contributed by atoms with van der Waals surface area (Å²) in [7, 11) is 0. The summed E-state index contributed by atoms with van der Waals surface area (Å²) in [5, 5.41) is 5.21. The number of carbonyl (C=O) groups is 5. The Balaban J connectivity index is 3.51. The molecule has 0 aromatic heterocycles. The highest BCUT2D eigenvalue weighted by atomic mass is 16.6. The third kappa shape index (κ3) is 11.3. The van der Waals surface area contributed by atoms with Gasteiger partial charge in [0, 0.05) is 13.1 Å². The molecule has 4 N–H and O–H groups in total. The van der Waals surface area contributed by atoms with E-state index in [0.29, 0.717) is 18.4 Å². The SMILES string of the molecule is CCCCN(C(=O)C(CC(N)=O)NC(=O)OC(C)(C)C)C(C(=O)NCCC(=O)OCC)c1c(C)cccc1C. The quantitative estimate of drug-likeness (QED) is 0.302. The highest BCUT2D eigenvalue weighted by molar-refractivity contribution is 5.95. The molecule has 218 valence electrons. The number of rotatable bonds is 14. The molecule has 0 bridgehead atoms. The van der Waals surface area contributed by atoms with Crippen LogP contribution in [0.2, 0.25) is 0 Å². The molecule has 2 atom stereocenters. The topological polar surface area (TPSA) is 157 Å². The van der Waals surface area contributed by atoms with Crippen molar-refractivity contribution in [1.29, 1.82) is 0 Å². The molecular weight excluding hydrogens is 504 g/mol. The van der Waals surface area contributed by atoms with E-state index in [0.717, 1.165) is 11.1 Å². The Morgan fingerprint density at radius 2 is 1.67 bits per heavy atom. The predicted molar refractivity (Wildman–Crippen MR) is 147 cm³/mol. The molecular formula is C28H44N4O7. The van der Waals surface area contributed by atoms with Crippen molar-refractivity contribution in [3.05, 3.63) is 34.9 Å². The molecule has 0 spiro atoms. The Morgan fingerprint density at radius 1 is 1.05 bits per heavy atom. The first-order chi connectivity index (χ1) is 18.2. The zero-order chi connectivity index (χ0) is 29.8. The number of ether oxygens (including phenoxy) is 2. The number of primary amides is 1. The Hall–Kier alpha value is -3.63. The van der Waals surface area contributed by atoms with Gasteiger partial charge in [0.1, 0.15) is 17.7 Å². The fourth-order valence-electron chi connectivity index (χ4n) is 4.05. The van der Waals surface area contributed by atoms with Gasteiger partial charge in [0.25, 0.3) is 0 Å². The highest BCUT2D eigenvalue weighted by Gasteiger charge is 2.37. The van der Waals surface area contributed by atoms with Crippen molar-refractivity contribution in [2.24, 2.45) is 5.73 Å². The van der Waals surface area contributed by atoms with Gasteiger partial charge >= 0.3 is 12.1 Å². The third-order valence-electron chi connectivity index (χ3n) is 5.74. The molecule has 0 aliphatic rings. The fraction of sp³-hybridized carbons (Fsp3) is 0.607. The van der Waals surface area contributed by atoms with E-state index in [-0.39, 0.29) is 26.1 Å². The first-order valence-electron chi connectivity index (χ1n) is 13.3. The minimum Gasteiger partial charge on any atom is -0.466 e. The van der Waals surface area contributed by atoms with Gasteiger partial charge in [-0.3, -0.25) is 19.2 Å². The van der Waals surface area contributed by atoms with Gasteiger partial charge in [-0.15, -0.1) is 0 Å². The lowest BCUT2D eigenvalue weighted by atomic mass is 9.93. The van der Waals surface area contributed by atoms with Crippen LogP contribution in [0, 0.1) is 13.8 Å². The van der Waals surface area contributed by atoms with Crippen LogP contribution in [0.25, 0.3) is 0 Å². The molecule has 2 unspecified atom stereocenters. The number of alkyl carbamates (subject to hydrolysis) is 1. The van der Waals surface area contributed by atoms with Gasteiger partial charge in [0.05, 0.1) is 19.4 Å². The molecule has 4 amide bonds. The monoisotopic (exact) mass is 548 g/mol. The molecule has 1 aromatic rings. The normalized spacial score (nSPS) is 12.6. The summed E-state index contributed by atoms with van der Waals surface area (Å²) in [6.45, 7) is 12.7. The summed E-state index contributed by atoms with van der Waals surface area (Å²) in [5.74, 6) is -2.41. The molecule has 0 fully saturated rings. The Kier molecular flexibility index (Phi) is 13.4. The Bertz CT molecular complexity index is 999. The third-order valence-corrected chi connectivity index (χ3v) is 5.74. The summed E-state index contributed by atoms with van der Waals surface area (Å²) >= 11 is 0. The summed E-state index contributed by atoms with van der Waals surface area (Å²) in [6.07, 6.45) is -0.135. The van der Waals surface area contributed by atoms with E-state index in [1.54, 1.807) is 27.7 Å². The standard InChI is InChI=1S/C28H44N4O7/c1-8-10-16-32(26(36)20(17-21(29)33)31-27(37)39-28(5,6)7)24(23-18(3)12-11-13-19(23)4)25(35)30-15-14-22(34)38-9-2/h11-13,20,24H,8-10,14-17H2,1-7H3,(H2,29,33)(H,30,35)(H,31,37). The van der Waals surface area contributed by atoms with Gasteiger partial charge in [-0.05, 0) is 64.7 Å². The van der Waals surface area contributed by atoms with Gasteiger partial charge < -0.3 is 30.7 Å². The van der Waals surface area contributed by atoms with Crippen molar-refractivity contribution in [3.63, 3.8) is 0 Å². The second-order valence-electron chi connectivity index (χ2n) is 10.3. The van der Waals surface area contributed by atoms with Crippen LogP contribution in [-0.2, 0) is 28.7 Å². The average molecular weight is 549 g/mol. The average Bonchev–Trinajstić information content (AvgIpc) is 2.80. The molecule has 0 aliphatic carbocycles. The van der Waals surface area contributed by atoms with Crippen molar-refractivity contribution in [3.8, 4) is 0 Å². The van der Waals surface area contributed by atoms with Crippen LogP contribution in [0.3, 0.4) is 0 Å². The van der Waals surface area contributed by atoms with Crippen molar-refractivity contribution >= 4 is 29.8 Å². The lowest BCUT2D eigenvalue weighted by Crippen LogP contribution is -2.54. The lowest BCUT2D eigenvalue weighted by Gasteiger charge is -2.35. The number of amides is 4. The summed E-state index contributed by atoms with van der Waals surface area (Å²) < 4.78 is 10.2. The zero-order valence-electron chi connectivity index (χ0n) is 24.2. The maximum Gasteiger partial charge on any atom is 0.408 e. The largest absolute Gasteiger partial charge is 0.466 e. The number of nitrogens with one attached hydrogen (secondary N) is 2. The van der Waals surface area contributed by atoms with Gasteiger partial charge in [-0.1, -0.05) is 31.5 Å². The molecule has 0 saturated heterocycles. The van der Waals surface area contributed by atoms with Crippen LogP contribution in [0.15, 0.2) is 18.2 Å². The molecule has 1 aromatic carbocycles. The number of hydrogen-bond acceptors (Lipinski definition) is 7. The van der Waals surface area contributed by atoms with Crippen molar-refractivity contribution in [2.45, 2.75) is 91.8 Å². The van der Waals surface area contributed by atoms with Gasteiger partial charge in [0.15, 0.2) is 0 Å². The fourth-order valence-corrected chi connectivity index (χ4v) is 4.05. The van der Waals surface area contributed by atoms with E-state index in [1.807, 2.05) is 39.0 Å². The number of benzene rings is 1. The second kappa shape index (κ2) is 15.7. The summed E-state index contributed by atoms with van der Waals surface area (Å²) in [6, 6.07) is 3.08. The molecule has 0 aliphatic heterocycles. The molecule has 39 heavy (non-hydrogen) atoms. The number of unbranched alkanes of at least 4 members (excludes halogenated alkanes) is 1. The van der Waals surface area contributed by atoms with Gasteiger partial charge in [-0.2, -0.15) is 0 Å². The second-order valence-corrected chi connectivity index (χ2v) is 10.3. The van der Waals surface area contributed by atoms with Crippen LogP contribution in [-0.4, -0.2) is 66.0 Å². The first-order valence-corrected chi connectivity index (χ1v) is 13.3.